The van der Waals surface area contributed by atoms with Crippen LogP contribution in [0.2, 0.25) is 0 Å². The van der Waals surface area contributed by atoms with Crippen molar-refractivity contribution < 1.29 is 19.8 Å². The Kier molecular flexibility index (Phi) is 10.8. The molecular formula is C46H50N4O4. The molecule has 0 atom stereocenters. The van der Waals surface area contributed by atoms with Crippen LogP contribution in [-0.4, -0.2) is 41.3 Å². The highest BCUT2D eigenvalue weighted by Gasteiger charge is 2.27. The van der Waals surface area contributed by atoms with E-state index in [1.165, 1.54) is 22.0 Å². The van der Waals surface area contributed by atoms with Gasteiger partial charge in [-0.25, -0.2) is 9.59 Å². The van der Waals surface area contributed by atoms with Gasteiger partial charge in [-0.2, -0.15) is 0 Å². The average Bonchev–Trinajstić information content (AvgIpc) is 4.10. The third-order valence-electron chi connectivity index (χ3n) is 10.8. The number of aromatic carboxylic acids is 2. The minimum absolute atomic E-state index is 0.332. The minimum Gasteiger partial charge on any atom is -0.478 e. The largest absolute Gasteiger partial charge is 0.478 e. The zero-order chi connectivity index (χ0) is 37.9. The molecule has 0 radical (unpaired) electrons. The van der Waals surface area contributed by atoms with E-state index in [0.29, 0.717) is 47.2 Å². The molecule has 2 aliphatic carbocycles. The molecule has 0 saturated heterocycles. The number of carbonyl (C=O) groups is 2. The number of aryl methyl sites for hydroxylation is 3. The van der Waals surface area contributed by atoms with Gasteiger partial charge in [0.05, 0.1) is 33.5 Å². The number of fused-ring (bicyclic) bond motifs is 2. The molecule has 0 spiro atoms. The van der Waals surface area contributed by atoms with Crippen molar-refractivity contribution in [1.29, 1.82) is 0 Å². The Morgan fingerprint density at radius 2 is 1.26 bits per heavy atom. The number of rotatable bonds is 13. The molecule has 2 fully saturated rings. The molecule has 2 aliphatic rings. The topological polar surface area (TPSA) is 110 Å². The van der Waals surface area contributed by atoms with Gasteiger partial charge in [0.25, 0.3) is 0 Å². The molecule has 278 valence electrons. The highest BCUT2D eigenvalue weighted by Crippen LogP contribution is 2.41. The van der Waals surface area contributed by atoms with Gasteiger partial charge in [-0.1, -0.05) is 38.5 Å². The monoisotopic (exact) mass is 722 g/mol. The van der Waals surface area contributed by atoms with E-state index < -0.39 is 11.9 Å². The third kappa shape index (κ3) is 8.18. The number of aromatic nitrogens is 4. The number of carboxylic acid groups (broad SMARTS) is 2. The number of carboxylic acids is 2. The van der Waals surface area contributed by atoms with Crippen molar-refractivity contribution in [1.82, 2.24) is 19.1 Å². The first-order chi connectivity index (χ1) is 26.1. The van der Waals surface area contributed by atoms with E-state index in [9.17, 15) is 19.8 Å². The molecule has 4 aromatic heterocycles. The zero-order valence-corrected chi connectivity index (χ0v) is 31.8. The predicted molar refractivity (Wildman–Crippen MR) is 216 cm³/mol. The van der Waals surface area contributed by atoms with Gasteiger partial charge >= 0.3 is 11.9 Å². The summed E-state index contributed by atoms with van der Waals surface area (Å²) < 4.78 is 4.30. The minimum atomic E-state index is -0.896. The summed E-state index contributed by atoms with van der Waals surface area (Å²) in [6.07, 6.45) is 22.1. The van der Waals surface area contributed by atoms with Gasteiger partial charge in [-0.15, -0.1) is 0 Å². The summed E-state index contributed by atoms with van der Waals surface area (Å²) in [4.78, 5) is 32.6. The Balaban J connectivity index is 0.000000167. The van der Waals surface area contributed by atoms with Gasteiger partial charge < -0.3 is 19.3 Å². The quantitative estimate of drug-likeness (QED) is 0.123. The molecule has 4 heterocycles. The van der Waals surface area contributed by atoms with Crippen LogP contribution >= 0.6 is 0 Å². The van der Waals surface area contributed by atoms with E-state index in [1.54, 1.807) is 0 Å². The molecule has 0 unspecified atom stereocenters. The Bertz CT molecular complexity index is 2370. The summed E-state index contributed by atoms with van der Waals surface area (Å²) in [5.74, 6) is -0.777. The molecule has 0 bridgehead atoms. The fourth-order valence-electron chi connectivity index (χ4n) is 7.63. The molecule has 2 N–H and O–H groups in total. The number of hydrogen-bond donors (Lipinski definition) is 2. The van der Waals surface area contributed by atoms with Crippen LogP contribution in [0.4, 0.5) is 0 Å². The lowest BCUT2D eigenvalue weighted by Crippen LogP contribution is -2.07. The van der Waals surface area contributed by atoms with Crippen molar-refractivity contribution in [2.24, 2.45) is 14.1 Å². The Hall–Kier alpha value is -5.50. The second-order valence-electron chi connectivity index (χ2n) is 15.1. The Labute approximate surface area is 317 Å². The first-order valence-electron chi connectivity index (χ1n) is 19.4. The molecule has 2 saturated carbocycles. The van der Waals surface area contributed by atoms with Crippen molar-refractivity contribution in [3.8, 4) is 0 Å². The number of allylic oxidation sites excluding steroid dienone is 1. The number of unbranched alkanes of at least 4 members (excludes halogenated alkanes) is 1. The molecule has 0 aliphatic heterocycles. The fraction of sp³-hybridized carbons (Fsp3) is 0.348. The van der Waals surface area contributed by atoms with Crippen LogP contribution in [0.5, 0.6) is 0 Å². The summed E-state index contributed by atoms with van der Waals surface area (Å²) in [6.45, 7) is 4.32. The lowest BCUT2D eigenvalue weighted by atomic mass is 9.97. The van der Waals surface area contributed by atoms with Crippen molar-refractivity contribution in [3.05, 3.63) is 135 Å². The number of pyridine rings is 2. The summed E-state index contributed by atoms with van der Waals surface area (Å²) in [5, 5.41) is 21.7. The number of nitrogens with zero attached hydrogens (tertiary/aromatic N) is 4. The summed E-state index contributed by atoms with van der Waals surface area (Å²) in [6, 6.07) is 16.6. The maximum Gasteiger partial charge on any atom is 0.337 e. The van der Waals surface area contributed by atoms with Gasteiger partial charge in [-0.05, 0) is 133 Å². The van der Waals surface area contributed by atoms with Crippen LogP contribution in [0.15, 0.2) is 79.4 Å². The third-order valence-corrected chi connectivity index (χ3v) is 10.8. The van der Waals surface area contributed by atoms with Crippen LogP contribution in [0, 0.1) is 0 Å². The van der Waals surface area contributed by atoms with E-state index in [4.69, 9.17) is 0 Å². The van der Waals surface area contributed by atoms with E-state index >= 15 is 0 Å². The highest BCUT2D eigenvalue weighted by atomic mass is 16.4. The van der Waals surface area contributed by atoms with E-state index in [2.05, 4.69) is 101 Å². The van der Waals surface area contributed by atoms with Crippen molar-refractivity contribution in [3.63, 3.8) is 0 Å². The van der Waals surface area contributed by atoms with Gasteiger partial charge in [0, 0.05) is 62.5 Å². The normalized spacial score (nSPS) is 14.1. The van der Waals surface area contributed by atoms with Gasteiger partial charge in [-0.3, -0.25) is 9.97 Å². The Morgan fingerprint density at radius 3 is 1.76 bits per heavy atom. The fourth-order valence-corrected chi connectivity index (χ4v) is 7.63. The maximum atomic E-state index is 11.8. The highest BCUT2D eigenvalue weighted by molar-refractivity contribution is 5.91. The smallest absolute Gasteiger partial charge is 0.337 e. The van der Waals surface area contributed by atoms with Crippen LogP contribution in [-0.2, 0) is 33.4 Å². The van der Waals surface area contributed by atoms with E-state index in [-0.39, 0.29) is 0 Å². The van der Waals surface area contributed by atoms with E-state index in [1.807, 2.05) is 31.6 Å². The first-order valence-corrected chi connectivity index (χ1v) is 19.4. The second kappa shape index (κ2) is 15.8. The SMILES string of the molecule is CC/C=C/c1cc(Cc2ncc(C3CC3)cc2C(=O)O)cc2ccn(C)c12.CCCCc1cc(Cc2ncc(C3CC3)cc2C(=O)O)cc2ccn(C)c12. The van der Waals surface area contributed by atoms with Crippen molar-refractivity contribution >= 4 is 39.8 Å². The average molecular weight is 723 g/mol. The van der Waals surface area contributed by atoms with Gasteiger partial charge in [0.2, 0.25) is 0 Å². The van der Waals surface area contributed by atoms with Crippen LogP contribution in [0.25, 0.3) is 27.9 Å². The molecule has 54 heavy (non-hydrogen) atoms. The number of hydrogen-bond acceptors (Lipinski definition) is 4. The zero-order valence-electron chi connectivity index (χ0n) is 31.8. The van der Waals surface area contributed by atoms with E-state index in [0.717, 1.165) is 84.6 Å². The van der Waals surface area contributed by atoms with Gasteiger partial charge in [0.1, 0.15) is 0 Å². The number of benzene rings is 2. The molecule has 8 heteroatoms. The van der Waals surface area contributed by atoms with Crippen LogP contribution in [0.3, 0.4) is 0 Å². The molecule has 2 aromatic carbocycles. The standard InChI is InChI=1S/C23H26N2O2.C23H24N2O2/c2*1-3-4-5-17-10-15(11-18-8-9-25(2)22(17)18)12-21-20(23(26)27)13-19(14-24-21)16-6-7-16/h8-11,13-14,16H,3-7,12H2,1-2H3,(H,26,27);4-5,8-11,13-14,16H,3,6-7,12H2,1-2H3,(H,26,27)/b;5-4+. The molecule has 0 amide bonds. The molecule has 8 rings (SSSR count). The maximum absolute atomic E-state index is 11.8. The molecular weight excluding hydrogens is 673 g/mol. The predicted octanol–water partition coefficient (Wildman–Crippen LogP) is 10.2. The van der Waals surface area contributed by atoms with Crippen LogP contribution in [0.1, 0.15) is 136 Å². The first kappa shape index (κ1) is 36.8. The lowest BCUT2D eigenvalue weighted by molar-refractivity contribution is 0.0684. The molecule has 6 aromatic rings. The Morgan fingerprint density at radius 1 is 0.741 bits per heavy atom. The van der Waals surface area contributed by atoms with Crippen molar-refractivity contribution in [2.75, 3.05) is 0 Å². The van der Waals surface area contributed by atoms with Crippen LogP contribution < -0.4 is 0 Å². The molecule has 8 nitrogen and oxygen atoms in total. The summed E-state index contributed by atoms with van der Waals surface area (Å²) in [5.41, 5.74) is 11.3. The second-order valence-corrected chi connectivity index (χ2v) is 15.1. The van der Waals surface area contributed by atoms with Gasteiger partial charge in [0.15, 0.2) is 0 Å². The summed E-state index contributed by atoms with van der Waals surface area (Å²) in [7, 11) is 4.13. The summed E-state index contributed by atoms with van der Waals surface area (Å²) >= 11 is 0. The lowest BCUT2D eigenvalue weighted by Gasteiger charge is -2.11. The van der Waals surface area contributed by atoms with Crippen molar-refractivity contribution in [2.45, 2.75) is 89.9 Å².